The second kappa shape index (κ2) is 7.92. The van der Waals surface area contributed by atoms with E-state index in [2.05, 4.69) is 51.4 Å². The van der Waals surface area contributed by atoms with Gasteiger partial charge in [0.25, 0.3) is 0 Å². The second-order valence-electron chi connectivity index (χ2n) is 8.32. The molecule has 0 radical (unpaired) electrons. The van der Waals surface area contributed by atoms with Gasteiger partial charge < -0.3 is 19.0 Å². The van der Waals surface area contributed by atoms with E-state index in [1.165, 1.54) is 0 Å². The van der Waals surface area contributed by atoms with E-state index in [0.29, 0.717) is 41.8 Å². The molecule has 3 aromatic rings. The van der Waals surface area contributed by atoms with Crippen LogP contribution in [-0.2, 0) is 6.42 Å². The molecular formula is C19H27N7O3. The number of nitrogens with two attached hydrogens (primary N) is 1. The lowest BCUT2D eigenvalue weighted by atomic mass is 10.0. The molecule has 0 aromatic carbocycles. The molecule has 2 N–H and O–H groups in total. The van der Waals surface area contributed by atoms with E-state index in [-0.39, 0.29) is 23.8 Å². The van der Waals surface area contributed by atoms with Crippen molar-refractivity contribution in [3.05, 3.63) is 29.5 Å². The van der Waals surface area contributed by atoms with Crippen molar-refractivity contribution in [2.24, 2.45) is 5.92 Å². The normalized spacial score (nSPS) is 20.9. The Kier molecular flexibility index (Phi) is 5.33. The Labute approximate surface area is 168 Å². The highest BCUT2D eigenvalue weighted by Crippen LogP contribution is 2.51. The summed E-state index contributed by atoms with van der Waals surface area (Å²) in [6.07, 6.45) is 3.44. The summed E-state index contributed by atoms with van der Waals surface area (Å²) in [5.74, 6) is 4.67. The first kappa shape index (κ1) is 19.5. The summed E-state index contributed by atoms with van der Waals surface area (Å²) in [5, 5.41) is 24.4. The Morgan fingerprint density at radius 1 is 0.862 bits per heavy atom. The van der Waals surface area contributed by atoms with Crippen LogP contribution >= 0.6 is 0 Å². The van der Waals surface area contributed by atoms with Gasteiger partial charge in [-0.1, -0.05) is 32.8 Å². The van der Waals surface area contributed by atoms with Crippen molar-refractivity contribution in [2.75, 3.05) is 5.73 Å². The number of aryl methyl sites for hydroxylation is 1. The van der Waals surface area contributed by atoms with E-state index in [1.807, 2.05) is 6.92 Å². The highest BCUT2D eigenvalue weighted by atomic mass is 16.4. The lowest BCUT2D eigenvalue weighted by molar-refractivity contribution is 0.387. The molecule has 10 heteroatoms. The van der Waals surface area contributed by atoms with Gasteiger partial charge in [-0.3, -0.25) is 0 Å². The van der Waals surface area contributed by atoms with Crippen LogP contribution in [0.4, 0.5) is 6.01 Å². The Balaban J connectivity index is 1.27. The number of hydrogen-bond acceptors (Lipinski definition) is 10. The first-order chi connectivity index (χ1) is 13.9. The van der Waals surface area contributed by atoms with E-state index in [4.69, 9.17) is 19.0 Å². The molecule has 29 heavy (non-hydrogen) atoms. The first-order valence-corrected chi connectivity index (χ1v) is 10.1. The summed E-state index contributed by atoms with van der Waals surface area (Å²) in [7, 11) is 0. The van der Waals surface area contributed by atoms with E-state index in [1.54, 1.807) is 0 Å². The fourth-order valence-corrected chi connectivity index (χ4v) is 3.47. The number of rotatable bonds is 9. The highest BCUT2D eigenvalue weighted by molar-refractivity contribution is 5.09. The summed E-state index contributed by atoms with van der Waals surface area (Å²) in [5.41, 5.74) is 5.47. The van der Waals surface area contributed by atoms with Crippen molar-refractivity contribution in [3.63, 3.8) is 0 Å². The van der Waals surface area contributed by atoms with E-state index < -0.39 is 0 Å². The molecule has 4 atom stereocenters. The van der Waals surface area contributed by atoms with E-state index in [9.17, 15) is 0 Å². The molecule has 4 rings (SSSR count). The molecule has 4 unspecified atom stereocenters. The lowest BCUT2D eigenvalue weighted by Crippen LogP contribution is -1.97. The average Bonchev–Trinajstić information content (AvgIpc) is 3.13. The monoisotopic (exact) mass is 401 g/mol. The topological polar surface area (TPSA) is 143 Å². The van der Waals surface area contributed by atoms with Crippen LogP contribution in [0.5, 0.6) is 0 Å². The Morgan fingerprint density at radius 3 is 2.28 bits per heavy atom. The molecule has 0 spiro atoms. The maximum atomic E-state index is 5.88. The third-order valence-corrected chi connectivity index (χ3v) is 5.42. The fraction of sp³-hybridized carbons (Fsp3) is 0.684. The molecule has 3 aromatic heterocycles. The van der Waals surface area contributed by atoms with Gasteiger partial charge in [-0.05, 0) is 25.2 Å². The van der Waals surface area contributed by atoms with Crippen molar-refractivity contribution in [3.8, 4) is 0 Å². The summed E-state index contributed by atoms with van der Waals surface area (Å²) in [4.78, 5) is 0. The molecule has 0 saturated heterocycles. The summed E-state index contributed by atoms with van der Waals surface area (Å²) in [6, 6.07) is 0.0834. The minimum Gasteiger partial charge on any atom is -0.425 e. The number of aromatic nitrogens is 6. The van der Waals surface area contributed by atoms with Gasteiger partial charge in [0, 0.05) is 30.1 Å². The second-order valence-corrected chi connectivity index (χ2v) is 8.32. The smallest absolute Gasteiger partial charge is 0.312 e. The molecule has 1 aliphatic carbocycles. The van der Waals surface area contributed by atoms with Gasteiger partial charge in [0.2, 0.25) is 29.5 Å². The molecule has 0 aliphatic heterocycles. The lowest BCUT2D eigenvalue weighted by Gasteiger charge is -2.05. The van der Waals surface area contributed by atoms with E-state index in [0.717, 1.165) is 25.2 Å². The molecule has 0 bridgehead atoms. The van der Waals surface area contributed by atoms with Gasteiger partial charge in [0.15, 0.2) is 0 Å². The third-order valence-electron chi connectivity index (χ3n) is 5.42. The first-order valence-electron chi connectivity index (χ1n) is 10.1. The van der Waals surface area contributed by atoms with Crippen LogP contribution in [0.15, 0.2) is 13.3 Å². The van der Waals surface area contributed by atoms with Crippen LogP contribution in [0.3, 0.4) is 0 Å². The third kappa shape index (κ3) is 4.46. The highest BCUT2D eigenvalue weighted by Gasteiger charge is 2.43. The zero-order valence-electron chi connectivity index (χ0n) is 17.2. The predicted molar refractivity (Wildman–Crippen MR) is 102 cm³/mol. The van der Waals surface area contributed by atoms with Crippen LogP contribution < -0.4 is 5.73 Å². The maximum absolute atomic E-state index is 5.88. The average molecular weight is 401 g/mol. The zero-order chi connectivity index (χ0) is 20.5. The van der Waals surface area contributed by atoms with Crippen LogP contribution in [0, 0.1) is 5.92 Å². The Hall–Kier alpha value is -2.78. The summed E-state index contributed by atoms with van der Waals surface area (Å²) < 4.78 is 16.9. The van der Waals surface area contributed by atoms with Gasteiger partial charge in [-0.2, -0.15) is 0 Å². The molecule has 0 amide bonds. The summed E-state index contributed by atoms with van der Waals surface area (Å²) >= 11 is 0. The molecule has 1 saturated carbocycles. The molecule has 3 heterocycles. The molecule has 156 valence electrons. The molecule has 10 nitrogen and oxygen atoms in total. The van der Waals surface area contributed by atoms with Crippen molar-refractivity contribution in [2.45, 2.75) is 77.0 Å². The molecule has 1 aliphatic rings. The Bertz CT molecular complexity index is 947. The van der Waals surface area contributed by atoms with Crippen LogP contribution in [0.2, 0.25) is 0 Å². The van der Waals surface area contributed by atoms with Gasteiger partial charge in [-0.25, -0.2) is 0 Å². The quantitative estimate of drug-likeness (QED) is 0.565. The Morgan fingerprint density at radius 2 is 1.59 bits per heavy atom. The number of hydrogen-bond donors (Lipinski definition) is 1. The number of anilines is 1. The molecular weight excluding hydrogens is 374 g/mol. The maximum Gasteiger partial charge on any atom is 0.312 e. The predicted octanol–water partition coefficient (Wildman–Crippen LogP) is 3.57. The molecule has 1 fully saturated rings. The van der Waals surface area contributed by atoms with Crippen molar-refractivity contribution >= 4 is 6.01 Å². The van der Waals surface area contributed by atoms with Gasteiger partial charge in [0.05, 0.1) is 0 Å². The minimum atomic E-state index is 0.0740. The van der Waals surface area contributed by atoms with Crippen LogP contribution in [0.1, 0.15) is 100 Å². The fourth-order valence-electron chi connectivity index (χ4n) is 3.47. The largest absolute Gasteiger partial charge is 0.425 e. The van der Waals surface area contributed by atoms with Crippen LogP contribution in [-0.4, -0.2) is 30.6 Å². The minimum absolute atomic E-state index is 0.0740. The van der Waals surface area contributed by atoms with Crippen LogP contribution in [0.25, 0.3) is 0 Å². The zero-order valence-corrected chi connectivity index (χ0v) is 17.2. The summed E-state index contributed by atoms with van der Waals surface area (Å²) in [6.45, 7) is 8.22. The van der Waals surface area contributed by atoms with Gasteiger partial charge in [0.1, 0.15) is 0 Å². The van der Waals surface area contributed by atoms with Crippen molar-refractivity contribution < 1.29 is 13.3 Å². The van der Waals surface area contributed by atoms with Crippen molar-refractivity contribution in [1.29, 1.82) is 0 Å². The van der Waals surface area contributed by atoms with Gasteiger partial charge >= 0.3 is 6.01 Å². The number of nitrogen functional groups attached to an aromatic ring is 1. The van der Waals surface area contributed by atoms with E-state index >= 15 is 0 Å². The van der Waals surface area contributed by atoms with Crippen molar-refractivity contribution in [1.82, 2.24) is 30.6 Å². The number of nitrogens with zero attached hydrogens (tertiary/aromatic N) is 6. The standard InChI is InChI=1S/C19H27N7O3/c1-9(2)15-22-25-18(28-15)13-8-12(13)7-11(4)17-23-21-14(27-17)6-5-10(3)16-24-26-19(20)29-16/h9-13H,5-8H2,1-4H3,(H2,20,26). The van der Waals surface area contributed by atoms with Gasteiger partial charge in [-0.15, -0.1) is 25.5 Å². The SMILES string of the molecule is CC(C)c1nnc(C2CC2CC(C)c2nnc(CCC(C)c3nnc(N)o3)o2)o1.